The number of ether oxygens (including phenoxy) is 1. The molecule has 0 aliphatic carbocycles. The van der Waals surface area contributed by atoms with Crippen LogP contribution in [0.25, 0.3) is 0 Å². The number of nitrogens with two attached hydrogens (primary N) is 1. The SMILES string of the molecule is COc1ccccc1CN(C)CC(C)CCCC(C)N. The highest BCUT2D eigenvalue weighted by atomic mass is 16.5. The first-order valence-corrected chi connectivity index (χ1v) is 7.59. The van der Waals surface area contributed by atoms with Crippen LogP contribution in [-0.2, 0) is 6.54 Å². The zero-order chi connectivity index (χ0) is 15.0. The molecule has 2 atom stereocenters. The smallest absolute Gasteiger partial charge is 0.123 e. The van der Waals surface area contributed by atoms with E-state index in [0.717, 1.165) is 25.3 Å². The molecule has 0 aliphatic rings. The molecule has 2 unspecified atom stereocenters. The Morgan fingerprint density at radius 1 is 1.20 bits per heavy atom. The molecule has 0 radical (unpaired) electrons. The molecule has 0 aliphatic heterocycles. The van der Waals surface area contributed by atoms with E-state index < -0.39 is 0 Å². The Labute approximate surface area is 124 Å². The number of para-hydroxylation sites is 1. The number of benzene rings is 1. The molecule has 0 aromatic heterocycles. The lowest BCUT2D eigenvalue weighted by atomic mass is 10.0. The summed E-state index contributed by atoms with van der Waals surface area (Å²) in [6.45, 7) is 6.44. The summed E-state index contributed by atoms with van der Waals surface area (Å²) in [4.78, 5) is 2.37. The van der Waals surface area contributed by atoms with Crippen molar-refractivity contribution in [2.75, 3.05) is 20.7 Å². The fourth-order valence-electron chi connectivity index (χ4n) is 2.60. The van der Waals surface area contributed by atoms with E-state index in [-0.39, 0.29) is 0 Å². The Kier molecular flexibility index (Phi) is 7.63. The predicted molar refractivity (Wildman–Crippen MR) is 86.0 cm³/mol. The van der Waals surface area contributed by atoms with Crippen LogP contribution in [0.15, 0.2) is 24.3 Å². The fourth-order valence-corrected chi connectivity index (χ4v) is 2.60. The maximum atomic E-state index is 5.79. The Morgan fingerprint density at radius 3 is 2.55 bits per heavy atom. The normalized spacial score (nSPS) is 14.3. The summed E-state index contributed by atoms with van der Waals surface area (Å²) in [5.41, 5.74) is 7.04. The van der Waals surface area contributed by atoms with Crippen molar-refractivity contribution in [3.8, 4) is 5.75 Å². The van der Waals surface area contributed by atoms with Crippen LogP contribution in [-0.4, -0.2) is 31.6 Å². The summed E-state index contributed by atoms with van der Waals surface area (Å²) in [5.74, 6) is 1.68. The molecular weight excluding hydrogens is 248 g/mol. The maximum absolute atomic E-state index is 5.79. The highest BCUT2D eigenvalue weighted by Crippen LogP contribution is 2.19. The van der Waals surface area contributed by atoms with Crippen LogP contribution in [0.3, 0.4) is 0 Å². The quantitative estimate of drug-likeness (QED) is 0.753. The summed E-state index contributed by atoms with van der Waals surface area (Å²) < 4.78 is 5.40. The summed E-state index contributed by atoms with van der Waals surface area (Å²) in [6, 6.07) is 8.57. The van der Waals surface area contributed by atoms with Gasteiger partial charge in [-0.3, -0.25) is 0 Å². The van der Waals surface area contributed by atoms with Gasteiger partial charge >= 0.3 is 0 Å². The minimum absolute atomic E-state index is 0.327. The molecule has 0 saturated heterocycles. The van der Waals surface area contributed by atoms with Gasteiger partial charge in [-0.05, 0) is 38.8 Å². The molecule has 1 aromatic rings. The minimum Gasteiger partial charge on any atom is -0.496 e. The molecule has 0 spiro atoms. The second-order valence-corrected chi connectivity index (χ2v) is 6.02. The van der Waals surface area contributed by atoms with E-state index in [9.17, 15) is 0 Å². The molecule has 1 rings (SSSR count). The molecule has 20 heavy (non-hydrogen) atoms. The summed E-state index contributed by atoms with van der Waals surface area (Å²) in [7, 11) is 3.91. The van der Waals surface area contributed by atoms with Gasteiger partial charge in [-0.1, -0.05) is 31.5 Å². The second-order valence-electron chi connectivity index (χ2n) is 6.02. The van der Waals surface area contributed by atoms with Crippen molar-refractivity contribution in [1.82, 2.24) is 4.90 Å². The monoisotopic (exact) mass is 278 g/mol. The zero-order valence-corrected chi connectivity index (χ0v) is 13.4. The van der Waals surface area contributed by atoms with E-state index >= 15 is 0 Å². The van der Waals surface area contributed by atoms with Crippen LogP contribution < -0.4 is 10.5 Å². The molecule has 2 N–H and O–H groups in total. The van der Waals surface area contributed by atoms with Crippen molar-refractivity contribution < 1.29 is 4.74 Å². The van der Waals surface area contributed by atoms with Crippen LogP contribution >= 0.6 is 0 Å². The van der Waals surface area contributed by atoms with Crippen molar-refractivity contribution in [2.45, 2.75) is 45.7 Å². The van der Waals surface area contributed by atoms with Crippen LogP contribution in [0.2, 0.25) is 0 Å². The third-order valence-corrected chi connectivity index (χ3v) is 3.61. The van der Waals surface area contributed by atoms with Gasteiger partial charge in [0.05, 0.1) is 7.11 Å². The molecule has 3 heteroatoms. The van der Waals surface area contributed by atoms with E-state index in [2.05, 4.69) is 37.9 Å². The van der Waals surface area contributed by atoms with Gasteiger partial charge in [0.25, 0.3) is 0 Å². The van der Waals surface area contributed by atoms with Gasteiger partial charge < -0.3 is 15.4 Å². The van der Waals surface area contributed by atoms with E-state index in [4.69, 9.17) is 10.5 Å². The molecule has 0 bridgehead atoms. The highest BCUT2D eigenvalue weighted by molar-refractivity contribution is 5.32. The van der Waals surface area contributed by atoms with E-state index in [1.165, 1.54) is 18.4 Å². The van der Waals surface area contributed by atoms with Crippen LogP contribution in [0.1, 0.15) is 38.7 Å². The largest absolute Gasteiger partial charge is 0.496 e. The first-order chi connectivity index (χ1) is 9.52. The summed E-state index contributed by atoms with van der Waals surface area (Å²) in [5, 5.41) is 0. The third kappa shape index (κ3) is 6.40. The Balaban J connectivity index is 2.37. The Hall–Kier alpha value is -1.06. The molecule has 1 aromatic carbocycles. The van der Waals surface area contributed by atoms with Gasteiger partial charge in [0, 0.05) is 24.7 Å². The topological polar surface area (TPSA) is 38.5 Å². The van der Waals surface area contributed by atoms with Crippen molar-refractivity contribution in [1.29, 1.82) is 0 Å². The number of nitrogens with zero attached hydrogens (tertiary/aromatic N) is 1. The minimum atomic E-state index is 0.327. The average molecular weight is 278 g/mol. The number of methoxy groups -OCH3 is 1. The number of hydrogen-bond acceptors (Lipinski definition) is 3. The van der Waals surface area contributed by atoms with Gasteiger partial charge in [0.15, 0.2) is 0 Å². The lowest BCUT2D eigenvalue weighted by molar-refractivity contribution is 0.263. The first-order valence-electron chi connectivity index (χ1n) is 7.59. The van der Waals surface area contributed by atoms with Crippen LogP contribution in [0, 0.1) is 5.92 Å². The molecule has 114 valence electrons. The predicted octanol–water partition coefficient (Wildman–Crippen LogP) is 3.28. The van der Waals surface area contributed by atoms with Crippen molar-refractivity contribution in [2.24, 2.45) is 11.7 Å². The third-order valence-electron chi connectivity index (χ3n) is 3.61. The lowest BCUT2D eigenvalue weighted by Gasteiger charge is -2.22. The first kappa shape index (κ1) is 17.0. The van der Waals surface area contributed by atoms with E-state index in [1.807, 2.05) is 12.1 Å². The molecule has 0 fully saturated rings. The lowest BCUT2D eigenvalue weighted by Crippen LogP contribution is -2.24. The summed E-state index contributed by atoms with van der Waals surface area (Å²) >= 11 is 0. The van der Waals surface area contributed by atoms with Gasteiger partial charge in [0.1, 0.15) is 5.75 Å². The van der Waals surface area contributed by atoms with Gasteiger partial charge in [0.2, 0.25) is 0 Å². The van der Waals surface area contributed by atoms with Crippen molar-refractivity contribution >= 4 is 0 Å². The van der Waals surface area contributed by atoms with Crippen molar-refractivity contribution in [3.63, 3.8) is 0 Å². The van der Waals surface area contributed by atoms with Crippen LogP contribution in [0.4, 0.5) is 0 Å². The number of hydrogen-bond donors (Lipinski definition) is 1. The molecule has 0 heterocycles. The molecule has 0 saturated carbocycles. The molecule has 0 amide bonds. The van der Waals surface area contributed by atoms with Gasteiger partial charge in [-0.25, -0.2) is 0 Å². The Morgan fingerprint density at radius 2 is 1.90 bits per heavy atom. The van der Waals surface area contributed by atoms with E-state index in [0.29, 0.717) is 12.0 Å². The Bertz CT molecular complexity index is 379. The number of rotatable bonds is 9. The van der Waals surface area contributed by atoms with E-state index in [1.54, 1.807) is 7.11 Å². The second kappa shape index (κ2) is 8.98. The molecule has 3 nitrogen and oxygen atoms in total. The molecular formula is C17H30N2O. The fraction of sp³-hybridized carbons (Fsp3) is 0.647. The van der Waals surface area contributed by atoms with Gasteiger partial charge in [-0.15, -0.1) is 0 Å². The summed E-state index contributed by atoms with van der Waals surface area (Å²) in [6.07, 6.45) is 3.60. The standard InChI is InChI=1S/C17H30N2O/c1-14(8-7-9-15(2)18)12-19(3)13-16-10-5-6-11-17(16)20-4/h5-6,10-11,14-15H,7-9,12-13,18H2,1-4H3. The highest BCUT2D eigenvalue weighted by Gasteiger charge is 2.09. The average Bonchev–Trinajstić information content (AvgIpc) is 2.38. The van der Waals surface area contributed by atoms with Crippen molar-refractivity contribution in [3.05, 3.63) is 29.8 Å². The zero-order valence-electron chi connectivity index (χ0n) is 13.4. The maximum Gasteiger partial charge on any atom is 0.123 e. The van der Waals surface area contributed by atoms with Gasteiger partial charge in [-0.2, -0.15) is 0 Å². The van der Waals surface area contributed by atoms with Crippen LogP contribution in [0.5, 0.6) is 5.75 Å².